The Kier molecular flexibility index (Phi) is 14.8. The second-order valence-electron chi connectivity index (χ2n) is 10.8. The van der Waals surface area contributed by atoms with E-state index in [-0.39, 0.29) is 28.5 Å². The highest BCUT2D eigenvalue weighted by Gasteiger charge is 2.21. The predicted molar refractivity (Wildman–Crippen MR) is 190 cm³/mol. The van der Waals surface area contributed by atoms with Crippen LogP contribution in [0.5, 0.6) is 5.75 Å². The molecule has 0 unspecified atom stereocenters. The molecule has 1 fully saturated rings. The Bertz CT molecular complexity index is 1670. The van der Waals surface area contributed by atoms with Crippen LogP contribution in [0.25, 0.3) is 11.1 Å². The summed E-state index contributed by atoms with van der Waals surface area (Å²) in [5, 5.41) is 11.8. The van der Waals surface area contributed by atoms with Crippen LogP contribution < -0.4 is 31.7 Å². The van der Waals surface area contributed by atoms with Gasteiger partial charge in [-0.15, -0.1) is 0 Å². The highest BCUT2D eigenvalue weighted by molar-refractivity contribution is 6.33. The van der Waals surface area contributed by atoms with Crippen LogP contribution in [0.15, 0.2) is 66.9 Å². The van der Waals surface area contributed by atoms with Crippen LogP contribution in [0.4, 0.5) is 23.1 Å². The Morgan fingerprint density at radius 3 is 2.23 bits per heavy atom. The summed E-state index contributed by atoms with van der Waals surface area (Å²) in [4.78, 5) is 42.9. The minimum absolute atomic E-state index is 0.00582. The first-order valence-corrected chi connectivity index (χ1v) is 15.6. The number of anilines is 4. The molecular formula is C35H42ClN7O5. The van der Waals surface area contributed by atoms with Crippen LogP contribution in [0.1, 0.15) is 40.1 Å². The molecule has 1 saturated heterocycles. The molecule has 4 aromatic rings. The third kappa shape index (κ3) is 10.8. The third-order valence-corrected chi connectivity index (χ3v) is 7.17. The smallest absolute Gasteiger partial charge is 0.250 e. The van der Waals surface area contributed by atoms with Crippen molar-refractivity contribution in [3.63, 3.8) is 0 Å². The van der Waals surface area contributed by atoms with Gasteiger partial charge in [-0.05, 0) is 42.3 Å². The summed E-state index contributed by atoms with van der Waals surface area (Å²) in [7, 11) is 3.12. The van der Waals surface area contributed by atoms with E-state index in [1.165, 1.54) is 6.20 Å². The van der Waals surface area contributed by atoms with Crippen LogP contribution in [-0.4, -0.2) is 68.5 Å². The predicted octanol–water partition coefficient (Wildman–Crippen LogP) is 5.51. The van der Waals surface area contributed by atoms with Gasteiger partial charge in [0.2, 0.25) is 12.4 Å². The fourth-order valence-corrected chi connectivity index (χ4v) is 4.56. The van der Waals surface area contributed by atoms with Crippen molar-refractivity contribution in [3.8, 4) is 16.9 Å². The van der Waals surface area contributed by atoms with E-state index in [1.807, 2.05) is 51.1 Å². The Hall–Kier alpha value is -5.04. The number of carbonyl (C=O) groups excluding carboxylic acids is 3. The lowest BCUT2D eigenvalue weighted by Crippen LogP contribution is -2.30. The standard InChI is InChI=1S/C29H28ClN5O3.C4H9NO.C2H5NO/c1-16(2)26(36)21-13-24(25(38-4)14-20(21)18-11-9-17(3)10-12-18)34-29-32-15-22(30)28(35-29)33-23-8-6-5-7-19(23)27(31)37;1-3-6-4-2-5-1;1-3-2-4/h5-16H,1-4H3,(H2,31,37)(H2,32,33,34,35);5H,1-4H2;2H,1H3,(H,3,4). The molecule has 2 amide bonds. The monoisotopic (exact) mass is 675 g/mol. The molecule has 1 aromatic heterocycles. The first-order chi connectivity index (χ1) is 23.1. The van der Waals surface area contributed by atoms with E-state index in [0.29, 0.717) is 34.7 Å². The first kappa shape index (κ1) is 37.4. The fraction of sp³-hybridized carbons (Fsp3) is 0.286. The molecule has 1 aliphatic heterocycles. The van der Waals surface area contributed by atoms with Gasteiger partial charge in [-0.25, -0.2) is 4.98 Å². The van der Waals surface area contributed by atoms with Crippen molar-refractivity contribution in [2.45, 2.75) is 20.8 Å². The maximum absolute atomic E-state index is 13.2. The molecule has 6 N–H and O–H groups in total. The molecule has 5 rings (SSSR count). The van der Waals surface area contributed by atoms with Crippen molar-refractivity contribution >= 4 is 52.8 Å². The summed E-state index contributed by atoms with van der Waals surface area (Å²) in [6, 6.07) is 18.3. The molecule has 48 heavy (non-hydrogen) atoms. The van der Waals surface area contributed by atoms with E-state index in [4.69, 9.17) is 31.6 Å². The number of ether oxygens (including phenoxy) is 2. The highest BCUT2D eigenvalue weighted by Crippen LogP contribution is 2.37. The number of nitrogens with two attached hydrogens (primary N) is 1. The number of nitrogens with zero attached hydrogens (tertiary/aromatic N) is 2. The topological polar surface area (TPSA) is 170 Å². The Morgan fingerprint density at radius 2 is 1.69 bits per heavy atom. The minimum atomic E-state index is -0.586. The zero-order valence-corrected chi connectivity index (χ0v) is 28.5. The maximum atomic E-state index is 13.2. The number of hydrogen-bond acceptors (Lipinski definition) is 10. The Balaban J connectivity index is 0.000000539. The molecule has 0 radical (unpaired) electrons. The van der Waals surface area contributed by atoms with Crippen molar-refractivity contribution in [1.29, 1.82) is 0 Å². The normalized spacial score (nSPS) is 12.0. The molecule has 0 bridgehead atoms. The number of hydrogen-bond donors (Lipinski definition) is 5. The molecule has 0 saturated carbocycles. The van der Waals surface area contributed by atoms with Gasteiger partial charge in [-0.1, -0.05) is 67.4 Å². The van der Waals surface area contributed by atoms with Gasteiger partial charge in [0.15, 0.2) is 11.6 Å². The van der Waals surface area contributed by atoms with Crippen LogP contribution >= 0.6 is 11.6 Å². The number of amides is 2. The molecular weight excluding hydrogens is 634 g/mol. The van der Waals surface area contributed by atoms with E-state index in [9.17, 15) is 9.59 Å². The molecule has 12 nitrogen and oxygen atoms in total. The van der Waals surface area contributed by atoms with Gasteiger partial charge < -0.3 is 36.5 Å². The van der Waals surface area contributed by atoms with E-state index in [0.717, 1.165) is 43.0 Å². The molecule has 13 heteroatoms. The van der Waals surface area contributed by atoms with Crippen molar-refractivity contribution in [3.05, 3.63) is 88.6 Å². The van der Waals surface area contributed by atoms with E-state index in [2.05, 4.69) is 31.2 Å². The Morgan fingerprint density at radius 1 is 1.02 bits per heavy atom. The van der Waals surface area contributed by atoms with Crippen LogP contribution in [0.3, 0.4) is 0 Å². The average Bonchev–Trinajstić information content (AvgIpc) is 3.10. The van der Waals surface area contributed by atoms with E-state index >= 15 is 0 Å². The first-order valence-electron chi connectivity index (χ1n) is 15.3. The lowest BCUT2D eigenvalue weighted by molar-refractivity contribution is -0.109. The van der Waals surface area contributed by atoms with Crippen molar-refractivity contribution in [2.24, 2.45) is 11.7 Å². The molecule has 0 spiro atoms. The number of halogens is 1. The van der Waals surface area contributed by atoms with Gasteiger partial charge in [-0.3, -0.25) is 14.4 Å². The minimum Gasteiger partial charge on any atom is -0.495 e. The van der Waals surface area contributed by atoms with Crippen LogP contribution in [0, 0.1) is 12.8 Å². The number of morpholine rings is 1. The molecule has 3 aromatic carbocycles. The summed E-state index contributed by atoms with van der Waals surface area (Å²) in [6.07, 6.45) is 2.05. The second kappa shape index (κ2) is 18.9. The number of nitrogens with one attached hydrogen (secondary N) is 4. The summed E-state index contributed by atoms with van der Waals surface area (Å²) < 4.78 is 10.7. The van der Waals surface area contributed by atoms with Gasteiger partial charge in [0, 0.05) is 31.6 Å². The number of methoxy groups -OCH3 is 1. The summed E-state index contributed by atoms with van der Waals surface area (Å²) in [5.74, 6) is 0.178. The van der Waals surface area contributed by atoms with Crippen molar-refractivity contribution in [1.82, 2.24) is 20.6 Å². The zero-order valence-electron chi connectivity index (χ0n) is 27.7. The number of benzene rings is 3. The number of primary amides is 1. The summed E-state index contributed by atoms with van der Waals surface area (Å²) in [5.41, 5.74) is 10.1. The van der Waals surface area contributed by atoms with Gasteiger partial charge in [0.05, 0.1) is 43.5 Å². The largest absolute Gasteiger partial charge is 0.495 e. The number of carbonyl (C=O) groups is 3. The third-order valence-electron chi connectivity index (χ3n) is 6.89. The highest BCUT2D eigenvalue weighted by atomic mass is 35.5. The fourth-order valence-electron chi connectivity index (χ4n) is 4.42. The van der Waals surface area contributed by atoms with E-state index in [1.54, 1.807) is 44.5 Å². The van der Waals surface area contributed by atoms with Gasteiger partial charge in [0.25, 0.3) is 5.91 Å². The number of aromatic nitrogens is 2. The lowest BCUT2D eigenvalue weighted by atomic mass is 9.91. The zero-order chi connectivity index (χ0) is 35.1. The number of Topliss-reactive ketones (excluding diaryl/α,β-unsaturated/α-hetero) is 1. The van der Waals surface area contributed by atoms with Gasteiger partial charge in [0.1, 0.15) is 10.8 Å². The molecule has 1 aliphatic rings. The van der Waals surface area contributed by atoms with Crippen LogP contribution in [0.2, 0.25) is 5.02 Å². The number of aryl methyl sites for hydroxylation is 1. The van der Waals surface area contributed by atoms with Gasteiger partial charge >= 0.3 is 0 Å². The van der Waals surface area contributed by atoms with Crippen molar-refractivity contribution < 1.29 is 23.9 Å². The SMILES string of the molecule is C1COCCN1.CNC=O.COc1cc(-c2ccc(C)cc2)c(C(=O)C(C)C)cc1Nc1ncc(Cl)c(Nc2ccccc2C(N)=O)n1. The maximum Gasteiger partial charge on any atom is 0.250 e. The number of rotatable bonds is 10. The number of ketones is 1. The van der Waals surface area contributed by atoms with Crippen molar-refractivity contribution in [2.75, 3.05) is 51.1 Å². The lowest BCUT2D eigenvalue weighted by Gasteiger charge is -2.18. The Labute approximate surface area is 285 Å². The quantitative estimate of drug-likeness (QED) is 0.107. The number of para-hydroxylation sites is 1. The second-order valence-corrected chi connectivity index (χ2v) is 11.2. The molecule has 0 atom stereocenters. The molecule has 2 heterocycles. The van der Waals surface area contributed by atoms with E-state index < -0.39 is 5.91 Å². The average molecular weight is 676 g/mol. The molecule has 0 aliphatic carbocycles. The molecule has 254 valence electrons. The van der Waals surface area contributed by atoms with Gasteiger partial charge in [-0.2, -0.15) is 4.98 Å². The summed E-state index contributed by atoms with van der Waals surface area (Å²) >= 11 is 6.34. The summed E-state index contributed by atoms with van der Waals surface area (Å²) in [6.45, 7) is 9.57. The van der Waals surface area contributed by atoms with Crippen LogP contribution in [-0.2, 0) is 9.53 Å².